The topological polar surface area (TPSA) is 103 Å². The minimum absolute atomic E-state index is 0.410. The molecule has 0 saturated heterocycles. The molecule has 0 saturated carbocycles. The minimum Gasteiger partial charge on any atom is -0.325 e. The lowest BCUT2D eigenvalue weighted by Crippen LogP contribution is -2.31. The highest BCUT2D eigenvalue weighted by Gasteiger charge is 2.18. The van der Waals surface area contributed by atoms with E-state index in [1.807, 2.05) is 30.3 Å². The molecule has 4 rings (SSSR count). The molecule has 0 aliphatic rings. The third-order valence-electron chi connectivity index (χ3n) is 5.24. The first kappa shape index (κ1) is 21.1. The maximum atomic E-state index is 12.4. The molecular weight excluding hydrogens is 414 g/mol. The van der Waals surface area contributed by atoms with Crippen molar-refractivity contribution in [3.05, 3.63) is 57.0 Å². The number of imidazole rings is 1. The number of thioether (sulfide) groups is 1. The number of H-pyrrole nitrogens is 1. The van der Waals surface area contributed by atoms with Gasteiger partial charge in [0.2, 0.25) is 0 Å². The Morgan fingerprint density at radius 3 is 2.55 bits per heavy atom. The van der Waals surface area contributed by atoms with Gasteiger partial charge in [-0.3, -0.25) is 14.3 Å². The van der Waals surface area contributed by atoms with Gasteiger partial charge in [0, 0.05) is 25.7 Å². The van der Waals surface area contributed by atoms with Crippen molar-refractivity contribution in [2.75, 3.05) is 0 Å². The molecule has 0 aliphatic heterocycles. The summed E-state index contributed by atoms with van der Waals surface area (Å²) in [5.74, 6) is 2.02. The Labute approximate surface area is 183 Å². The fraction of sp³-hybridized carbons (Fsp3) is 0.381. The van der Waals surface area contributed by atoms with Crippen molar-refractivity contribution < 1.29 is 0 Å². The number of fused-ring (bicyclic) bond motifs is 1. The summed E-state index contributed by atoms with van der Waals surface area (Å²) in [6, 6.07) is 9.95. The van der Waals surface area contributed by atoms with Crippen LogP contribution in [0.4, 0.5) is 0 Å². The highest BCUT2D eigenvalue weighted by atomic mass is 32.2. The average molecular weight is 440 g/mol. The third kappa shape index (κ3) is 3.95. The quantitative estimate of drug-likeness (QED) is 0.424. The van der Waals surface area contributed by atoms with Crippen LogP contribution in [0.1, 0.15) is 32.5 Å². The number of nitrogens with zero attached hydrogens (tertiary/aromatic N) is 6. The summed E-state index contributed by atoms with van der Waals surface area (Å²) < 4.78 is 5.37. The summed E-state index contributed by atoms with van der Waals surface area (Å²) in [6.45, 7) is 5.37. The Kier molecular flexibility index (Phi) is 6.08. The maximum absolute atomic E-state index is 12.4. The van der Waals surface area contributed by atoms with Gasteiger partial charge in [-0.2, -0.15) is 0 Å². The Balaban J connectivity index is 1.67. The van der Waals surface area contributed by atoms with Crippen molar-refractivity contribution in [3.63, 3.8) is 0 Å². The Morgan fingerprint density at radius 1 is 1.06 bits per heavy atom. The lowest BCUT2D eigenvalue weighted by Gasteiger charge is -2.07. The fourth-order valence-corrected chi connectivity index (χ4v) is 4.54. The van der Waals surface area contributed by atoms with E-state index in [1.54, 1.807) is 16.2 Å². The van der Waals surface area contributed by atoms with Gasteiger partial charge in [0.1, 0.15) is 5.82 Å². The van der Waals surface area contributed by atoms with E-state index in [4.69, 9.17) is 0 Å². The predicted octanol–water partition coefficient (Wildman–Crippen LogP) is 2.79. The van der Waals surface area contributed by atoms with E-state index >= 15 is 0 Å². The molecule has 3 aromatic heterocycles. The van der Waals surface area contributed by atoms with Crippen LogP contribution in [-0.2, 0) is 25.9 Å². The van der Waals surface area contributed by atoms with Crippen LogP contribution >= 0.6 is 11.8 Å². The number of benzene rings is 1. The van der Waals surface area contributed by atoms with Crippen LogP contribution in [0.25, 0.3) is 22.6 Å². The second kappa shape index (κ2) is 8.93. The molecule has 0 amide bonds. The minimum atomic E-state index is -0.415. The molecule has 0 fully saturated rings. The largest absolute Gasteiger partial charge is 0.330 e. The van der Waals surface area contributed by atoms with Gasteiger partial charge in [-0.15, -0.1) is 10.2 Å². The highest BCUT2D eigenvalue weighted by Crippen LogP contribution is 2.26. The molecular formula is C21H25N7O2S. The average Bonchev–Trinajstić information content (AvgIpc) is 3.33. The van der Waals surface area contributed by atoms with Crippen LogP contribution in [0.15, 0.2) is 45.1 Å². The molecule has 1 aromatic carbocycles. The molecule has 0 radical (unpaired) electrons. The van der Waals surface area contributed by atoms with Gasteiger partial charge >= 0.3 is 5.69 Å². The van der Waals surface area contributed by atoms with Gasteiger partial charge in [-0.1, -0.05) is 55.4 Å². The summed E-state index contributed by atoms with van der Waals surface area (Å²) in [5.41, 5.74) is 1.02. The van der Waals surface area contributed by atoms with Crippen LogP contribution in [0.3, 0.4) is 0 Å². The number of aromatic nitrogens is 7. The van der Waals surface area contributed by atoms with Crippen molar-refractivity contribution in [1.29, 1.82) is 0 Å². The number of nitrogens with one attached hydrogen (secondary N) is 1. The summed E-state index contributed by atoms with van der Waals surface area (Å²) in [6.07, 6.45) is 1.78. The third-order valence-corrected chi connectivity index (χ3v) is 6.20. The van der Waals surface area contributed by atoms with Gasteiger partial charge in [0.25, 0.3) is 5.56 Å². The first-order valence-corrected chi connectivity index (χ1v) is 11.3. The van der Waals surface area contributed by atoms with Crippen molar-refractivity contribution in [2.24, 2.45) is 7.05 Å². The lowest BCUT2D eigenvalue weighted by molar-refractivity contribution is 0.613. The van der Waals surface area contributed by atoms with Gasteiger partial charge in [0.05, 0.1) is 5.75 Å². The summed E-state index contributed by atoms with van der Waals surface area (Å²) >= 11 is 1.51. The molecule has 0 bridgehead atoms. The predicted molar refractivity (Wildman–Crippen MR) is 121 cm³/mol. The Hall–Kier alpha value is -3.14. The number of aryl methyl sites for hydroxylation is 2. The van der Waals surface area contributed by atoms with Crippen LogP contribution in [0.2, 0.25) is 0 Å². The molecule has 162 valence electrons. The van der Waals surface area contributed by atoms with Crippen LogP contribution < -0.4 is 11.2 Å². The SMILES string of the molecule is CCCCn1c(=O)[nH]c(=O)c2c1nc(CSc1nnc(-c3ccccc3)n1CC)n2C. The van der Waals surface area contributed by atoms with Crippen molar-refractivity contribution in [3.8, 4) is 11.4 Å². The van der Waals surface area contributed by atoms with Crippen molar-refractivity contribution >= 4 is 22.9 Å². The molecule has 9 nitrogen and oxygen atoms in total. The summed E-state index contributed by atoms with van der Waals surface area (Å²) in [7, 11) is 1.80. The molecule has 10 heteroatoms. The van der Waals surface area contributed by atoms with E-state index in [2.05, 4.69) is 38.6 Å². The van der Waals surface area contributed by atoms with Gasteiger partial charge in [-0.25, -0.2) is 9.78 Å². The van der Waals surface area contributed by atoms with E-state index < -0.39 is 11.2 Å². The zero-order valence-electron chi connectivity index (χ0n) is 17.8. The smallest absolute Gasteiger partial charge is 0.325 e. The summed E-state index contributed by atoms with van der Waals surface area (Å²) in [5, 5.41) is 9.52. The Morgan fingerprint density at radius 2 is 1.84 bits per heavy atom. The molecule has 0 aliphatic carbocycles. The highest BCUT2D eigenvalue weighted by molar-refractivity contribution is 7.98. The second-order valence-corrected chi connectivity index (χ2v) is 8.17. The van der Waals surface area contributed by atoms with Crippen molar-refractivity contribution in [2.45, 2.75) is 50.7 Å². The number of aromatic amines is 1. The number of hydrogen-bond acceptors (Lipinski definition) is 6. The van der Waals surface area contributed by atoms with E-state index in [0.29, 0.717) is 29.3 Å². The first-order valence-electron chi connectivity index (χ1n) is 10.3. The number of rotatable bonds is 8. The van der Waals surface area contributed by atoms with E-state index in [0.717, 1.165) is 35.9 Å². The maximum Gasteiger partial charge on any atom is 0.330 e. The monoisotopic (exact) mass is 439 g/mol. The van der Waals surface area contributed by atoms with E-state index in [-0.39, 0.29) is 0 Å². The van der Waals surface area contributed by atoms with Gasteiger partial charge < -0.3 is 9.13 Å². The molecule has 31 heavy (non-hydrogen) atoms. The summed E-state index contributed by atoms with van der Waals surface area (Å²) in [4.78, 5) is 31.8. The Bertz CT molecular complexity index is 1320. The van der Waals surface area contributed by atoms with Gasteiger partial charge in [-0.05, 0) is 13.3 Å². The molecule has 4 aromatic rings. The van der Waals surface area contributed by atoms with Crippen LogP contribution in [-0.4, -0.2) is 33.9 Å². The lowest BCUT2D eigenvalue weighted by atomic mass is 10.2. The first-order chi connectivity index (χ1) is 15.0. The van der Waals surface area contributed by atoms with Crippen LogP contribution in [0, 0.1) is 0 Å². The molecule has 0 unspecified atom stereocenters. The number of unbranched alkanes of at least 4 members (excludes halogenated alkanes) is 1. The van der Waals surface area contributed by atoms with Gasteiger partial charge in [0.15, 0.2) is 22.1 Å². The molecule has 1 N–H and O–H groups in total. The van der Waals surface area contributed by atoms with E-state index in [1.165, 1.54) is 11.8 Å². The van der Waals surface area contributed by atoms with Crippen LogP contribution in [0.5, 0.6) is 0 Å². The molecule has 0 atom stereocenters. The molecule has 3 heterocycles. The van der Waals surface area contributed by atoms with Crippen molar-refractivity contribution in [1.82, 2.24) is 33.9 Å². The second-order valence-electron chi connectivity index (χ2n) is 7.23. The standard InChI is InChI=1S/C21H25N7O2S/c1-4-6-12-28-18-16(19(29)23-20(28)30)26(3)15(22-18)13-31-21-25-24-17(27(21)5-2)14-10-8-7-9-11-14/h7-11H,4-6,12-13H2,1-3H3,(H,23,29,30). The van der Waals surface area contributed by atoms with E-state index in [9.17, 15) is 9.59 Å². The zero-order valence-corrected chi connectivity index (χ0v) is 18.6. The molecule has 0 spiro atoms. The number of hydrogen-bond donors (Lipinski definition) is 1. The zero-order chi connectivity index (χ0) is 22.0. The normalized spacial score (nSPS) is 11.5. The fourth-order valence-electron chi connectivity index (χ4n) is 3.55.